The Morgan fingerprint density at radius 2 is 2.33 bits per heavy atom. The van der Waals surface area contributed by atoms with Crippen molar-refractivity contribution in [1.29, 1.82) is 0 Å². The van der Waals surface area contributed by atoms with E-state index in [4.69, 9.17) is 16.6 Å². The van der Waals surface area contributed by atoms with E-state index < -0.39 is 0 Å². The average Bonchev–Trinajstić information content (AvgIpc) is 2.84. The highest BCUT2D eigenvalue weighted by Gasteiger charge is 1.96. The van der Waals surface area contributed by atoms with E-state index in [2.05, 4.69) is 29.7 Å². The molecule has 0 aromatic carbocycles. The quantitative estimate of drug-likeness (QED) is 0.488. The molecule has 1 aromatic rings. The van der Waals surface area contributed by atoms with E-state index in [1.54, 1.807) is 6.26 Å². The Kier molecular flexibility index (Phi) is 6.14. The van der Waals surface area contributed by atoms with Crippen molar-refractivity contribution in [3.05, 3.63) is 30.2 Å². The molecule has 0 saturated carbocycles. The molecule has 0 amide bonds. The number of hydrazone groups is 1. The summed E-state index contributed by atoms with van der Waals surface area (Å²) in [5.74, 6) is 1.35. The highest BCUT2D eigenvalue weighted by molar-refractivity contribution is 7.80. The van der Waals surface area contributed by atoms with Crippen LogP contribution in [0.2, 0.25) is 0 Å². The maximum Gasteiger partial charge on any atom is 0.186 e. The van der Waals surface area contributed by atoms with Gasteiger partial charge in [0.05, 0.1) is 12.0 Å². The molecular weight excluding hydrogens is 246 g/mol. The van der Waals surface area contributed by atoms with Crippen LogP contribution in [0.5, 0.6) is 0 Å². The fourth-order valence-corrected chi connectivity index (χ4v) is 1.23. The number of nitrogens with one attached hydrogen (secondary N) is 2. The number of nitrogens with zero attached hydrogens (tertiary/aromatic N) is 1. The Labute approximate surface area is 113 Å². The summed E-state index contributed by atoms with van der Waals surface area (Å²) >= 11 is 5.08. The molecule has 0 fully saturated rings. The van der Waals surface area contributed by atoms with Gasteiger partial charge in [-0.05, 0) is 49.3 Å². The summed E-state index contributed by atoms with van der Waals surface area (Å²) in [6.07, 6.45) is 5.34. The van der Waals surface area contributed by atoms with E-state index >= 15 is 0 Å². The second kappa shape index (κ2) is 7.66. The van der Waals surface area contributed by atoms with Crippen molar-refractivity contribution in [2.24, 2.45) is 11.0 Å². The molecule has 0 aliphatic carbocycles. The summed E-state index contributed by atoms with van der Waals surface area (Å²) in [6, 6.07) is 3.72. The molecule has 0 aliphatic heterocycles. The number of allylic oxidation sites excluding steroid dienone is 1. The van der Waals surface area contributed by atoms with Gasteiger partial charge in [0, 0.05) is 6.54 Å². The van der Waals surface area contributed by atoms with Crippen LogP contribution < -0.4 is 10.7 Å². The number of furan rings is 1. The SMILES string of the molecule is CC(/C=C\c1ccco1)=N/NC(=S)NCC(C)C. The zero-order valence-electron chi connectivity index (χ0n) is 10.9. The highest BCUT2D eigenvalue weighted by atomic mass is 32.1. The monoisotopic (exact) mass is 265 g/mol. The second-order valence-corrected chi connectivity index (χ2v) is 4.73. The molecule has 18 heavy (non-hydrogen) atoms. The maximum absolute atomic E-state index is 5.17. The second-order valence-electron chi connectivity index (χ2n) is 4.32. The number of thiocarbonyl (C=S) groups is 1. The Balaban J connectivity index is 2.35. The lowest BCUT2D eigenvalue weighted by atomic mass is 10.2. The van der Waals surface area contributed by atoms with Crippen LogP contribution in [0.3, 0.4) is 0 Å². The van der Waals surface area contributed by atoms with Crippen molar-refractivity contribution in [3.8, 4) is 0 Å². The maximum atomic E-state index is 5.17. The molecule has 0 spiro atoms. The van der Waals surface area contributed by atoms with Crippen LogP contribution in [0.15, 0.2) is 34.0 Å². The van der Waals surface area contributed by atoms with Gasteiger partial charge in [0.1, 0.15) is 5.76 Å². The first-order chi connectivity index (χ1) is 8.58. The Morgan fingerprint density at radius 3 is 2.94 bits per heavy atom. The molecule has 0 bridgehead atoms. The lowest BCUT2D eigenvalue weighted by Gasteiger charge is -2.09. The minimum Gasteiger partial charge on any atom is -0.465 e. The van der Waals surface area contributed by atoms with Crippen molar-refractivity contribution < 1.29 is 4.42 Å². The van der Waals surface area contributed by atoms with Crippen LogP contribution >= 0.6 is 12.2 Å². The first-order valence-corrected chi connectivity index (χ1v) is 6.28. The van der Waals surface area contributed by atoms with Crippen LogP contribution in [-0.4, -0.2) is 17.4 Å². The lowest BCUT2D eigenvalue weighted by Crippen LogP contribution is -2.34. The Hall–Kier alpha value is -1.62. The standard InChI is InChI=1S/C13H19N3OS/c1-10(2)9-14-13(18)16-15-11(3)6-7-12-5-4-8-17-12/h4-8,10H,9H2,1-3H3,(H2,14,16,18)/b7-6-,15-11-. The van der Waals surface area contributed by atoms with Gasteiger partial charge < -0.3 is 9.73 Å². The fourth-order valence-electron chi connectivity index (χ4n) is 1.10. The van der Waals surface area contributed by atoms with Crippen molar-refractivity contribution >= 4 is 29.1 Å². The van der Waals surface area contributed by atoms with Gasteiger partial charge in [-0.2, -0.15) is 5.10 Å². The van der Waals surface area contributed by atoms with Gasteiger partial charge in [0.15, 0.2) is 5.11 Å². The molecule has 0 aliphatic rings. The minimum atomic E-state index is 0.537. The number of rotatable bonds is 5. The Morgan fingerprint density at radius 1 is 1.56 bits per heavy atom. The van der Waals surface area contributed by atoms with Crippen LogP contribution in [-0.2, 0) is 0 Å². The third-order valence-electron chi connectivity index (χ3n) is 2.04. The van der Waals surface area contributed by atoms with Gasteiger partial charge in [-0.15, -0.1) is 0 Å². The average molecular weight is 265 g/mol. The third-order valence-corrected chi connectivity index (χ3v) is 2.27. The molecule has 4 nitrogen and oxygen atoms in total. The van der Waals surface area contributed by atoms with Gasteiger partial charge in [-0.3, -0.25) is 5.43 Å². The van der Waals surface area contributed by atoms with Gasteiger partial charge in [-0.1, -0.05) is 13.8 Å². The van der Waals surface area contributed by atoms with Gasteiger partial charge in [0.2, 0.25) is 0 Å². The van der Waals surface area contributed by atoms with Crippen LogP contribution in [0.25, 0.3) is 6.08 Å². The van der Waals surface area contributed by atoms with E-state index in [-0.39, 0.29) is 0 Å². The number of hydrogen-bond acceptors (Lipinski definition) is 3. The van der Waals surface area contributed by atoms with E-state index in [1.165, 1.54) is 0 Å². The molecule has 0 radical (unpaired) electrons. The molecule has 98 valence electrons. The molecule has 1 heterocycles. The Bertz CT molecular complexity index is 421. The largest absolute Gasteiger partial charge is 0.465 e. The molecule has 1 aromatic heterocycles. The smallest absolute Gasteiger partial charge is 0.186 e. The molecule has 2 N–H and O–H groups in total. The number of hydrogen-bond donors (Lipinski definition) is 2. The first-order valence-electron chi connectivity index (χ1n) is 5.87. The third kappa shape index (κ3) is 6.20. The molecule has 1 rings (SSSR count). The minimum absolute atomic E-state index is 0.537. The summed E-state index contributed by atoms with van der Waals surface area (Å²) in [5, 5.41) is 7.75. The van der Waals surface area contributed by atoms with Gasteiger partial charge in [-0.25, -0.2) is 0 Å². The topological polar surface area (TPSA) is 49.6 Å². The van der Waals surface area contributed by atoms with Crippen molar-refractivity contribution in [1.82, 2.24) is 10.7 Å². The molecule has 0 saturated heterocycles. The van der Waals surface area contributed by atoms with Crippen LogP contribution in [0, 0.1) is 5.92 Å². The van der Waals surface area contributed by atoms with Gasteiger partial charge >= 0.3 is 0 Å². The molecule has 5 heteroatoms. The lowest BCUT2D eigenvalue weighted by molar-refractivity contribution is 0.557. The van der Waals surface area contributed by atoms with Crippen LogP contribution in [0.4, 0.5) is 0 Å². The molecular formula is C13H19N3OS. The normalized spacial score (nSPS) is 12.1. The van der Waals surface area contributed by atoms with Crippen LogP contribution in [0.1, 0.15) is 26.5 Å². The van der Waals surface area contributed by atoms with E-state index in [1.807, 2.05) is 31.2 Å². The van der Waals surface area contributed by atoms with E-state index in [0.29, 0.717) is 11.0 Å². The highest BCUT2D eigenvalue weighted by Crippen LogP contribution is 2.02. The predicted octanol–water partition coefficient (Wildman–Crippen LogP) is 2.79. The van der Waals surface area contributed by atoms with Crippen molar-refractivity contribution in [3.63, 3.8) is 0 Å². The summed E-state index contributed by atoms with van der Waals surface area (Å²) in [6.45, 7) is 6.96. The van der Waals surface area contributed by atoms with E-state index in [9.17, 15) is 0 Å². The molecule has 0 atom stereocenters. The first kappa shape index (κ1) is 14.4. The van der Waals surface area contributed by atoms with Crippen molar-refractivity contribution in [2.75, 3.05) is 6.54 Å². The zero-order chi connectivity index (χ0) is 13.4. The van der Waals surface area contributed by atoms with Crippen molar-refractivity contribution in [2.45, 2.75) is 20.8 Å². The summed E-state index contributed by atoms with van der Waals surface area (Å²) in [7, 11) is 0. The zero-order valence-corrected chi connectivity index (χ0v) is 11.8. The van der Waals surface area contributed by atoms with E-state index in [0.717, 1.165) is 18.0 Å². The fraction of sp³-hybridized carbons (Fsp3) is 0.385. The molecule has 0 unspecified atom stereocenters. The predicted molar refractivity (Wildman–Crippen MR) is 79.4 cm³/mol. The summed E-state index contributed by atoms with van der Waals surface area (Å²) in [5.41, 5.74) is 3.61. The summed E-state index contributed by atoms with van der Waals surface area (Å²) < 4.78 is 5.17. The van der Waals surface area contributed by atoms with Gasteiger partial charge in [0.25, 0.3) is 0 Å². The summed E-state index contributed by atoms with van der Waals surface area (Å²) in [4.78, 5) is 0.